The molecule has 1 fully saturated rings. The molecule has 0 spiro atoms. The first-order chi connectivity index (χ1) is 20.5. The summed E-state index contributed by atoms with van der Waals surface area (Å²) >= 11 is 0.170. The van der Waals surface area contributed by atoms with E-state index in [1.807, 2.05) is 24.3 Å². The number of carbonyl (C=O) groups is 2. The highest BCUT2D eigenvalue weighted by Crippen LogP contribution is 2.34. The van der Waals surface area contributed by atoms with Gasteiger partial charge in [0.25, 0.3) is 0 Å². The summed E-state index contributed by atoms with van der Waals surface area (Å²) in [5, 5.41) is 26.5. The Morgan fingerprint density at radius 2 is 1.42 bits per heavy atom. The van der Waals surface area contributed by atoms with Gasteiger partial charge in [0.2, 0.25) is 11.7 Å². The maximum atomic E-state index is 14.2. The fraction of sp³-hybridized carbons (Fsp3) is 0.333. The molecule has 0 saturated heterocycles. The average molecular weight is 627 g/mol. The summed E-state index contributed by atoms with van der Waals surface area (Å²) in [7, 11) is 2.24. The summed E-state index contributed by atoms with van der Waals surface area (Å²) in [5.74, 6) is -12.7. The standard InChI is InChI=1S/C29H27F5N2O4S.CH4O/c1-35(41-28-26(33)24(31)23(30)25(32)27(28)34)15-22(38)36(19-11-12-20(29(39)40)21(37)13-19)14-16-7-9-18(10-8-16)17-5-3-2-4-6-17;1-2/h7-13,17,37H,2-6,14-15H2,1H3,(H,39,40);2H,1H3. The maximum absolute atomic E-state index is 14.2. The van der Waals surface area contributed by atoms with Crippen molar-refractivity contribution in [2.45, 2.75) is 49.5 Å². The maximum Gasteiger partial charge on any atom is 0.339 e. The zero-order chi connectivity index (χ0) is 31.8. The number of carbonyl (C=O) groups excluding carboxylic acids is 1. The number of rotatable bonds is 9. The van der Waals surface area contributed by atoms with Crippen LogP contribution < -0.4 is 4.90 Å². The number of carboxylic acid groups (broad SMARTS) is 1. The van der Waals surface area contributed by atoms with Crippen molar-refractivity contribution in [2.75, 3.05) is 25.6 Å². The summed E-state index contributed by atoms with van der Waals surface area (Å²) in [5.41, 5.74) is 1.67. The molecule has 0 aromatic heterocycles. The predicted octanol–water partition coefficient (Wildman–Crippen LogP) is 6.61. The molecule has 3 aromatic carbocycles. The van der Waals surface area contributed by atoms with Gasteiger partial charge >= 0.3 is 5.97 Å². The molecule has 3 N–H and O–H groups in total. The second-order valence-electron chi connectivity index (χ2n) is 9.84. The molecule has 1 aliphatic rings. The molecule has 1 saturated carbocycles. The lowest BCUT2D eigenvalue weighted by atomic mass is 9.84. The first kappa shape index (κ1) is 33.8. The monoisotopic (exact) mass is 626 g/mol. The number of phenols is 1. The van der Waals surface area contributed by atoms with Crippen LogP contribution in [0.25, 0.3) is 0 Å². The van der Waals surface area contributed by atoms with Crippen LogP contribution in [0.15, 0.2) is 47.4 Å². The SMILES string of the molecule is CN(CC(=O)N(Cc1ccc(C2CCCCC2)cc1)c1ccc(C(=O)O)c(O)c1)Sc1c(F)c(F)c(F)c(F)c1F.CO. The van der Waals surface area contributed by atoms with Gasteiger partial charge in [0.05, 0.1) is 13.1 Å². The molecule has 0 unspecified atom stereocenters. The van der Waals surface area contributed by atoms with Crippen LogP contribution in [0.5, 0.6) is 5.75 Å². The number of aliphatic hydroxyl groups is 1. The summed E-state index contributed by atoms with van der Waals surface area (Å²) < 4.78 is 70.1. The first-order valence-corrected chi connectivity index (χ1v) is 14.1. The quantitative estimate of drug-likeness (QED) is 0.106. The van der Waals surface area contributed by atoms with Crippen LogP contribution in [0.2, 0.25) is 0 Å². The number of hydrogen-bond acceptors (Lipinski definition) is 6. The van der Waals surface area contributed by atoms with E-state index in [-0.39, 0.29) is 29.7 Å². The van der Waals surface area contributed by atoms with Crippen LogP contribution in [0.3, 0.4) is 0 Å². The summed E-state index contributed by atoms with van der Waals surface area (Å²) in [6, 6.07) is 11.3. The number of benzene rings is 3. The Morgan fingerprint density at radius 1 is 0.860 bits per heavy atom. The van der Waals surface area contributed by atoms with Gasteiger partial charge in [-0.2, -0.15) is 0 Å². The van der Waals surface area contributed by atoms with E-state index >= 15 is 0 Å². The van der Waals surface area contributed by atoms with Crippen molar-refractivity contribution in [1.29, 1.82) is 0 Å². The van der Waals surface area contributed by atoms with E-state index in [0.29, 0.717) is 5.92 Å². The van der Waals surface area contributed by atoms with Gasteiger partial charge in [0.1, 0.15) is 16.2 Å². The largest absolute Gasteiger partial charge is 0.507 e. The summed E-state index contributed by atoms with van der Waals surface area (Å²) in [6.07, 6.45) is 5.76. The number of aromatic hydroxyl groups is 1. The van der Waals surface area contributed by atoms with Crippen molar-refractivity contribution in [3.63, 3.8) is 0 Å². The van der Waals surface area contributed by atoms with Crippen LogP contribution in [0.4, 0.5) is 27.6 Å². The van der Waals surface area contributed by atoms with Crippen LogP contribution >= 0.6 is 11.9 Å². The number of likely N-dealkylation sites (N-methyl/N-ethyl adjacent to an activating group) is 1. The topological polar surface area (TPSA) is 101 Å². The Bertz CT molecular complexity index is 1420. The zero-order valence-electron chi connectivity index (χ0n) is 23.4. The minimum atomic E-state index is -2.28. The number of amides is 1. The summed E-state index contributed by atoms with van der Waals surface area (Å²) in [4.78, 5) is 24.8. The molecule has 7 nitrogen and oxygen atoms in total. The second-order valence-corrected chi connectivity index (χ2v) is 11.1. The van der Waals surface area contributed by atoms with Crippen LogP contribution in [0.1, 0.15) is 59.5 Å². The fourth-order valence-electron chi connectivity index (χ4n) is 4.83. The number of aromatic carboxylic acids is 1. The number of halogens is 5. The molecule has 0 atom stereocenters. The smallest absolute Gasteiger partial charge is 0.339 e. The third-order valence-electron chi connectivity index (χ3n) is 7.00. The molecule has 232 valence electrons. The summed E-state index contributed by atoms with van der Waals surface area (Å²) in [6.45, 7) is -0.539. The molecule has 1 aliphatic carbocycles. The predicted molar refractivity (Wildman–Crippen MR) is 151 cm³/mol. The third kappa shape index (κ3) is 8.03. The van der Waals surface area contributed by atoms with Crippen molar-refractivity contribution < 1.29 is 46.9 Å². The number of hydrogen-bond donors (Lipinski definition) is 3. The van der Waals surface area contributed by atoms with Crippen LogP contribution in [-0.4, -0.2) is 52.2 Å². The average Bonchev–Trinajstić information content (AvgIpc) is 3.01. The number of carboxylic acids is 1. The Labute approximate surface area is 249 Å². The lowest BCUT2D eigenvalue weighted by molar-refractivity contribution is -0.118. The molecule has 0 radical (unpaired) electrons. The normalized spacial score (nSPS) is 13.4. The van der Waals surface area contributed by atoms with Gasteiger partial charge in [0.15, 0.2) is 23.3 Å². The second kappa shape index (κ2) is 15.2. The fourth-order valence-corrected chi connectivity index (χ4v) is 5.66. The Kier molecular flexibility index (Phi) is 11.9. The van der Waals surface area contributed by atoms with Gasteiger partial charge in [-0.15, -0.1) is 0 Å². The van der Waals surface area contributed by atoms with Crippen molar-refractivity contribution in [3.05, 3.63) is 88.2 Å². The molecular weight excluding hydrogens is 595 g/mol. The number of nitrogens with zero attached hydrogens (tertiary/aromatic N) is 2. The van der Waals surface area contributed by atoms with Crippen molar-refractivity contribution in [3.8, 4) is 5.75 Å². The van der Waals surface area contributed by atoms with E-state index in [9.17, 15) is 41.8 Å². The van der Waals surface area contributed by atoms with Gasteiger partial charge < -0.3 is 20.2 Å². The highest BCUT2D eigenvalue weighted by Gasteiger charge is 2.28. The molecule has 1 amide bonds. The first-order valence-electron chi connectivity index (χ1n) is 13.3. The molecule has 3 aromatic rings. The van der Waals surface area contributed by atoms with E-state index in [4.69, 9.17) is 5.11 Å². The van der Waals surface area contributed by atoms with Crippen molar-refractivity contribution >= 4 is 29.5 Å². The molecule has 0 aliphatic heterocycles. The van der Waals surface area contributed by atoms with Gasteiger partial charge in [-0.25, -0.2) is 31.1 Å². The highest BCUT2D eigenvalue weighted by molar-refractivity contribution is 7.97. The Hall–Kier alpha value is -3.68. The Morgan fingerprint density at radius 3 is 1.95 bits per heavy atom. The Balaban J connectivity index is 0.00000248. The van der Waals surface area contributed by atoms with E-state index in [1.165, 1.54) is 42.8 Å². The number of aliphatic hydroxyl groups excluding tert-OH is 1. The zero-order valence-corrected chi connectivity index (χ0v) is 24.2. The minimum absolute atomic E-state index is 0.00330. The third-order valence-corrected chi connectivity index (χ3v) is 7.98. The van der Waals surface area contributed by atoms with E-state index in [0.717, 1.165) is 42.0 Å². The molecule has 0 bridgehead atoms. The van der Waals surface area contributed by atoms with Crippen LogP contribution in [-0.2, 0) is 11.3 Å². The molecule has 43 heavy (non-hydrogen) atoms. The van der Waals surface area contributed by atoms with Crippen LogP contribution in [0, 0.1) is 29.1 Å². The van der Waals surface area contributed by atoms with E-state index in [2.05, 4.69) is 0 Å². The molecular formula is C30H31F5N2O5S. The van der Waals surface area contributed by atoms with E-state index in [1.54, 1.807) is 0 Å². The van der Waals surface area contributed by atoms with Gasteiger partial charge in [-0.1, -0.05) is 43.5 Å². The van der Waals surface area contributed by atoms with Gasteiger partial charge in [0, 0.05) is 18.9 Å². The minimum Gasteiger partial charge on any atom is -0.507 e. The van der Waals surface area contributed by atoms with Gasteiger partial charge in [-0.3, -0.25) is 4.79 Å². The molecule has 13 heteroatoms. The molecule has 0 heterocycles. The lowest BCUT2D eigenvalue weighted by Gasteiger charge is -2.26. The lowest BCUT2D eigenvalue weighted by Crippen LogP contribution is -2.37. The number of anilines is 1. The van der Waals surface area contributed by atoms with Crippen molar-refractivity contribution in [2.24, 2.45) is 0 Å². The molecule has 4 rings (SSSR count). The highest BCUT2D eigenvalue weighted by atomic mass is 32.2. The van der Waals surface area contributed by atoms with Crippen molar-refractivity contribution in [1.82, 2.24) is 4.31 Å². The van der Waals surface area contributed by atoms with E-state index < -0.39 is 58.2 Å². The van der Waals surface area contributed by atoms with Gasteiger partial charge in [-0.05, 0) is 61.0 Å².